The Morgan fingerprint density at radius 2 is 2.00 bits per heavy atom. The van der Waals surface area contributed by atoms with Gasteiger partial charge in [-0.15, -0.1) is 0 Å². The minimum absolute atomic E-state index is 0.388. The van der Waals surface area contributed by atoms with Crippen LogP contribution >= 0.6 is 23.2 Å². The molecule has 138 valence electrons. The van der Waals surface area contributed by atoms with Crippen molar-refractivity contribution in [2.45, 2.75) is 12.8 Å². The Labute approximate surface area is 166 Å². The maximum Gasteiger partial charge on any atom is 0.308 e. The molecule has 2 heterocycles. The molecule has 2 aromatic carbocycles. The number of carboxylic acid groups (broad SMARTS) is 1. The van der Waals surface area contributed by atoms with Gasteiger partial charge in [-0.2, -0.15) is 0 Å². The van der Waals surface area contributed by atoms with E-state index in [4.69, 9.17) is 23.2 Å². The number of aliphatic carboxylic acids is 1. The summed E-state index contributed by atoms with van der Waals surface area (Å²) in [4.78, 5) is 22.4. The van der Waals surface area contributed by atoms with Crippen LogP contribution in [0.2, 0.25) is 10.0 Å². The van der Waals surface area contributed by atoms with Crippen molar-refractivity contribution in [3.8, 4) is 11.1 Å². The zero-order valence-electron chi connectivity index (χ0n) is 14.4. The number of halogens is 2. The summed E-state index contributed by atoms with van der Waals surface area (Å²) in [5, 5.41) is 11.3. The van der Waals surface area contributed by atoms with Crippen molar-refractivity contribution < 1.29 is 9.90 Å². The molecule has 3 aromatic rings. The van der Waals surface area contributed by atoms with Gasteiger partial charge >= 0.3 is 5.97 Å². The third kappa shape index (κ3) is 3.45. The zero-order chi connectivity index (χ0) is 19.0. The molecule has 1 fully saturated rings. The minimum atomic E-state index is -0.761. The second-order valence-electron chi connectivity index (χ2n) is 6.65. The molecule has 4 rings (SSSR count). The van der Waals surface area contributed by atoms with E-state index in [0.29, 0.717) is 23.0 Å². The molecule has 27 heavy (non-hydrogen) atoms. The van der Waals surface area contributed by atoms with E-state index < -0.39 is 5.97 Å². The summed E-state index contributed by atoms with van der Waals surface area (Å²) in [7, 11) is 0. The first-order valence-electron chi connectivity index (χ1n) is 8.71. The fourth-order valence-corrected chi connectivity index (χ4v) is 3.91. The molecule has 1 aromatic heterocycles. The summed E-state index contributed by atoms with van der Waals surface area (Å²) in [6.07, 6.45) is 3.03. The van der Waals surface area contributed by atoms with Crippen molar-refractivity contribution in [2.75, 3.05) is 18.0 Å². The van der Waals surface area contributed by atoms with Crippen molar-refractivity contribution in [2.24, 2.45) is 5.92 Å². The number of hydrogen-bond donors (Lipinski definition) is 1. The SMILES string of the molecule is O=C(O)[C@H]1CCCN(c2ncnc3cccc(-c4ccc(Cl)c(Cl)c4)c23)C1. The van der Waals surface area contributed by atoms with Gasteiger partial charge < -0.3 is 10.0 Å². The van der Waals surface area contributed by atoms with Gasteiger partial charge in [-0.3, -0.25) is 4.79 Å². The van der Waals surface area contributed by atoms with Gasteiger partial charge in [-0.25, -0.2) is 9.97 Å². The number of fused-ring (bicyclic) bond motifs is 1. The fourth-order valence-electron chi connectivity index (χ4n) is 3.61. The number of carbonyl (C=O) groups is 1. The number of anilines is 1. The van der Waals surface area contributed by atoms with Crippen molar-refractivity contribution in [1.82, 2.24) is 9.97 Å². The number of carboxylic acids is 1. The molecule has 1 N–H and O–H groups in total. The molecule has 1 aliphatic rings. The molecule has 0 amide bonds. The van der Waals surface area contributed by atoms with Crippen molar-refractivity contribution in [1.29, 1.82) is 0 Å². The molecule has 0 unspecified atom stereocenters. The number of aromatic nitrogens is 2. The Hall–Kier alpha value is -2.37. The molecule has 0 bridgehead atoms. The topological polar surface area (TPSA) is 66.3 Å². The normalized spacial score (nSPS) is 17.3. The smallest absolute Gasteiger partial charge is 0.308 e. The predicted octanol–water partition coefficient (Wildman–Crippen LogP) is 4.90. The lowest BCUT2D eigenvalue weighted by Crippen LogP contribution is -2.39. The van der Waals surface area contributed by atoms with Gasteiger partial charge in [0, 0.05) is 13.1 Å². The fraction of sp³-hybridized carbons (Fsp3) is 0.250. The lowest BCUT2D eigenvalue weighted by Gasteiger charge is -2.32. The number of rotatable bonds is 3. The number of piperidine rings is 1. The van der Waals surface area contributed by atoms with E-state index in [1.165, 1.54) is 6.33 Å². The largest absolute Gasteiger partial charge is 0.481 e. The van der Waals surface area contributed by atoms with Gasteiger partial charge in [-0.1, -0.05) is 41.4 Å². The van der Waals surface area contributed by atoms with Crippen LogP contribution in [-0.4, -0.2) is 34.1 Å². The maximum absolute atomic E-state index is 11.5. The standard InChI is InChI=1S/C20H17Cl2N3O2/c21-15-7-6-12(9-16(15)22)14-4-1-5-17-18(14)19(24-11-23-17)25-8-2-3-13(10-25)20(26)27/h1,4-7,9,11,13H,2-3,8,10H2,(H,26,27)/t13-/m0/s1. The summed E-state index contributed by atoms with van der Waals surface area (Å²) in [5.41, 5.74) is 2.66. The average molecular weight is 402 g/mol. The number of benzene rings is 2. The first-order valence-corrected chi connectivity index (χ1v) is 9.47. The molecule has 0 radical (unpaired) electrons. The van der Waals surface area contributed by atoms with Crippen LogP contribution in [-0.2, 0) is 4.79 Å². The highest BCUT2D eigenvalue weighted by atomic mass is 35.5. The summed E-state index contributed by atoms with van der Waals surface area (Å²) in [5.74, 6) is -0.392. The molecule has 5 nitrogen and oxygen atoms in total. The van der Waals surface area contributed by atoms with Crippen molar-refractivity contribution in [3.63, 3.8) is 0 Å². The zero-order valence-corrected chi connectivity index (χ0v) is 15.9. The summed E-state index contributed by atoms with van der Waals surface area (Å²) in [6.45, 7) is 1.21. The average Bonchev–Trinajstić information content (AvgIpc) is 2.69. The monoisotopic (exact) mass is 401 g/mol. The highest BCUT2D eigenvalue weighted by molar-refractivity contribution is 6.42. The quantitative estimate of drug-likeness (QED) is 0.675. The number of hydrogen-bond acceptors (Lipinski definition) is 4. The molecule has 0 aliphatic carbocycles. The minimum Gasteiger partial charge on any atom is -0.481 e. The predicted molar refractivity (Wildman–Crippen MR) is 108 cm³/mol. The van der Waals surface area contributed by atoms with Gasteiger partial charge in [-0.05, 0) is 42.2 Å². The van der Waals surface area contributed by atoms with Crippen LogP contribution in [0.15, 0.2) is 42.7 Å². The van der Waals surface area contributed by atoms with Gasteiger partial charge in [0.05, 0.1) is 26.9 Å². The Balaban J connectivity index is 1.87. The number of nitrogens with zero attached hydrogens (tertiary/aromatic N) is 3. The van der Waals surface area contributed by atoms with E-state index >= 15 is 0 Å². The van der Waals surface area contributed by atoms with Crippen LogP contribution in [0.5, 0.6) is 0 Å². The lowest BCUT2D eigenvalue weighted by atomic mass is 9.96. The molecular formula is C20H17Cl2N3O2. The van der Waals surface area contributed by atoms with E-state index in [1.807, 2.05) is 35.2 Å². The van der Waals surface area contributed by atoms with Crippen LogP contribution in [0, 0.1) is 5.92 Å². The van der Waals surface area contributed by atoms with Gasteiger partial charge in [0.1, 0.15) is 12.1 Å². The molecule has 1 saturated heterocycles. The molecule has 1 atom stereocenters. The van der Waals surface area contributed by atoms with E-state index in [-0.39, 0.29) is 5.92 Å². The Bertz CT molecular complexity index is 1020. The third-order valence-corrected chi connectivity index (χ3v) is 5.68. The first kappa shape index (κ1) is 18.0. The second kappa shape index (κ2) is 7.33. The lowest BCUT2D eigenvalue weighted by molar-refractivity contribution is -0.141. The highest BCUT2D eigenvalue weighted by Gasteiger charge is 2.27. The van der Waals surface area contributed by atoms with E-state index in [1.54, 1.807) is 6.07 Å². The molecular weight excluding hydrogens is 385 g/mol. The molecule has 0 saturated carbocycles. The summed E-state index contributed by atoms with van der Waals surface area (Å²) < 4.78 is 0. The van der Waals surface area contributed by atoms with Crippen molar-refractivity contribution >= 4 is 45.9 Å². The Morgan fingerprint density at radius 1 is 1.15 bits per heavy atom. The van der Waals surface area contributed by atoms with Gasteiger partial charge in [0.2, 0.25) is 0 Å². The Morgan fingerprint density at radius 3 is 2.78 bits per heavy atom. The van der Waals surface area contributed by atoms with Crippen LogP contribution in [0.1, 0.15) is 12.8 Å². The van der Waals surface area contributed by atoms with Crippen LogP contribution < -0.4 is 4.90 Å². The van der Waals surface area contributed by atoms with Gasteiger partial charge in [0.25, 0.3) is 0 Å². The van der Waals surface area contributed by atoms with E-state index in [0.717, 1.165) is 40.8 Å². The second-order valence-corrected chi connectivity index (χ2v) is 7.46. The Kier molecular flexibility index (Phi) is 4.89. The van der Waals surface area contributed by atoms with Crippen LogP contribution in [0.4, 0.5) is 5.82 Å². The molecule has 7 heteroatoms. The summed E-state index contributed by atoms with van der Waals surface area (Å²) >= 11 is 12.3. The molecule has 0 spiro atoms. The summed E-state index contributed by atoms with van der Waals surface area (Å²) in [6, 6.07) is 11.4. The molecule has 1 aliphatic heterocycles. The van der Waals surface area contributed by atoms with Crippen molar-refractivity contribution in [3.05, 3.63) is 52.8 Å². The van der Waals surface area contributed by atoms with Gasteiger partial charge in [0.15, 0.2) is 0 Å². The highest BCUT2D eigenvalue weighted by Crippen LogP contribution is 2.37. The van der Waals surface area contributed by atoms with E-state index in [2.05, 4.69) is 9.97 Å². The third-order valence-electron chi connectivity index (χ3n) is 4.94. The first-order chi connectivity index (χ1) is 13.0. The van der Waals surface area contributed by atoms with Crippen LogP contribution in [0.3, 0.4) is 0 Å². The van der Waals surface area contributed by atoms with E-state index in [9.17, 15) is 9.90 Å². The maximum atomic E-state index is 11.5. The van der Waals surface area contributed by atoms with Crippen LogP contribution in [0.25, 0.3) is 22.0 Å².